The zero-order valence-corrected chi connectivity index (χ0v) is 13.2. The highest BCUT2D eigenvalue weighted by Crippen LogP contribution is 2.23. The maximum absolute atomic E-state index is 4.46. The molecule has 0 spiro atoms. The molecule has 0 amide bonds. The number of halogens is 1. The van der Waals surface area contributed by atoms with Crippen LogP contribution in [-0.4, -0.2) is 9.78 Å². The molecule has 3 nitrogen and oxygen atoms in total. The van der Waals surface area contributed by atoms with Crippen LogP contribution in [-0.2, 0) is 13.1 Å². The quantitative estimate of drug-likeness (QED) is 0.907. The summed E-state index contributed by atoms with van der Waals surface area (Å²) in [5.41, 5.74) is 3.59. The first kappa shape index (κ1) is 14.3. The second-order valence-electron chi connectivity index (χ2n) is 4.72. The van der Waals surface area contributed by atoms with E-state index in [1.165, 1.54) is 11.3 Å². The van der Waals surface area contributed by atoms with E-state index in [0.29, 0.717) is 6.04 Å². The molecule has 0 aliphatic heterocycles. The first-order valence-electron chi connectivity index (χ1n) is 6.63. The Morgan fingerprint density at radius 1 is 1.37 bits per heavy atom. The summed E-state index contributed by atoms with van der Waals surface area (Å²) in [6.07, 6.45) is 0. The van der Waals surface area contributed by atoms with Crippen LogP contribution in [0.2, 0.25) is 0 Å². The molecule has 1 heterocycles. The molecule has 0 radical (unpaired) electrons. The Bertz CT molecular complexity index is 548. The molecule has 19 heavy (non-hydrogen) atoms. The number of rotatable bonds is 5. The molecule has 2 aromatic rings. The summed E-state index contributed by atoms with van der Waals surface area (Å²) in [4.78, 5) is 0. The van der Waals surface area contributed by atoms with Crippen LogP contribution in [0.3, 0.4) is 0 Å². The Labute approximate surface area is 123 Å². The van der Waals surface area contributed by atoms with Gasteiger partial charge in [0.15, 0.2) is 0 Å². The van der Waals surface area contributed by atoms with Crippen LogP contribution >= 0.6 is 15.9 Å². The van der Waals surface area contributed by atoms with E-state index in [-0.39, 0.29) is 0 Å². The van der Waals surface area contributed by atoms with Crippen LogP contribution in [0.1, 0.15) is 36.8 Å². The molecule has 0 fully saturated rings. The van der Waals surface area contributed by atoms with Crippen LogP contribution in [0.5, 0.6) is 0 Å². The number of aryl methyl sites for hydroxylation is 2. The van der Waals surface area contributed by atoms with Gasteiger partial charge >= 0.3 is 0 Å². The van der Waals surface area contributed by atoms with Gasteiger partial charge in [-0.2, -0.15) is 5.10 Å². The summed E-state index contributed by atoms with van der Waals surface area (Å²) < 4.78 is 3.20. The van der Waals surface area contributed by atoms with Crippen molar-refractivity contribution in [1.82, 2.24) is 15.1 Å². The highest BCUT2D eigenvalue weighted by Gasteiger charge is 2.10. The van der Waals surface area contributed by atoms with Gasteiger partial charge in [0, 0.05) is 23.6 Å². The lowest BCUT2D eigenvalue weighted by Crippen LogP contribution is -2.20. The van der Waals surface area contributed by atoms with Crippen molar-refractivity contribution in [3.8, 4) is 0 Å². The molecule has 102 valence electrons. The van der Waals surface area contributed by atoms with Gasteiger partial charge < -0.3 is 5.32 Å². The molecular formula is C15H20BrN3. The summed E-state index contributed by atoms with van der Waals surface area (Å²) >= 11 is 3.60. The Balaban J connectivity index is 2.04. The van der Waals surface area contributed by atoms with Gasteiger partial charge in [-0.1, -0.05) is 34.1 Å². The Hall–Kier alpha value is -1.13. The van der Waals surface area contributed by atoms with Gasteiger partial charge in [0.25, 0.3) is 0 Å². The fraction of sp³-hybridized carbons (Fsp3) is 0.400. The van der Waals surface area contributed by atoms with Crippen molar-refractivity contribution in [2.24, 2.45) is 0 Å². The van der Waals surface area contributed by atoms with Crippen molar-refractivity contribution in [2.75, 3.05) is 0 Å². The smallest absolute Gasteiger partial charge is 0.0597 e. The SMILES string of the molecule is CCn1nc(C)cc1CN[C@@H](C)c1ccccc1Br. The van der Waals surface area contributed by atoms with E-state index in [1.54, 1.807) is 0 Å². The second-order valence-corrected chi connectivity index (χ2v) is 5.57. The third-order valence-electron chi connectivity index (χ3n) is 3.25. The summed E-state index contributed by atoms with van der Waals surface area (Å²) in [7, 11) is 0. The summed E-state index contributed by atoms with van der Waals surface area (Å²) in [5.74, 6) is 0. The second kappa shape index (κ2) is 6.35. The number of nitrogens with one attached hydrogen (secondary N) is 1. The maximum atomic E-state index is 4.46. The zero-order chi connectivity index (χ0) is 13.8. The normalized spacial score (nSPS) is 12.6. The van der Waals surface area contributed by atoms with Crippen LogP contribution in [0.4, 0.5) is 0 Å². The van der Waals surface area contributed by atoms with E-state index in [4.69, 9.17) is 0 Å². The van der Waals surface area contributed by atoms with Crippen molar-refractivity contribution in [1.29, 1.82) is 0 Å². The number of hydrogen-bond acceptors (Lipinski definition) is 2. The van der Waals surface area contributed by atoms with Gasteiger partial charge in [-0.15, -0.1) is 0 Å². The number of aromatic nitrogens is 2. The van der Waals surface area contributed by atoms with Gasteiger partial charge in [0.2, 0.25) is 0 Å². The van der Waals surface area contributed by atoms with Crippen molar-refractivity contribution in [3.63, 3.8) is 0 Å². The van der Waals surface area contributed by atoms with E-state index >= 15 is 0 Å². The molecule has 0 bridgehead atoms. The maximum Gasteiger partial charge on any atom is 0.0597 e. The summed E-state index contributed by atoms with van der Waals surface area (Å²) in [6.45, 7) is 8.07. The van der Waals surface area contributed by atoms with Crippen molar-refractivity contribution >= 4 is 15.9 Å². The average molecular weight is 322 g/mol. The molecule has 0 aliphatic carbocycles. The topological polar surface area (TPSA) is 29.9 Å². The van der Waals surface area contributed by atoms with E-state index in [9.17, 15) is 0 Å². The predicted octanol–water partition coefficient (Wildman–Crippen LogP) is 3.82. The molecule has 0 saturated carbocycles. The molecule has 1 aromatic carbocycles. The van der Waals surface area contributed by atoms with Gasteiger partial charge in [0.1, 0.15) is 0 Å². The van der Waals surface area contributed by atoms with E-state index in [2.05, 4.69) is 69.1 Å². The van der Waals surface area contributed by atoms with E-state index in [1.807, 2.05) is 13.0 Å². The van der Waals surface area contributed by atoms with Crippen molar-refractivity contribution in [2.45, 2.75) is 39.9 Å². The average Bonchev–Trinajstić information content (AvgIpc) is 2.77. The number of benzene rings is 1. The largest absolute Gasteiger partial charge is 0.305 e. The lowest BCUT2D eigenvalue weighted by molar-refractivity contribution is 0.530. The highest BCUT2D eigenvalue weighted by atomic mass is 79.9. The minimum atomic E-state index is 0.302. The van der Waals surface area contributed by atoms with E-state index in [0.717, 1.165) is 23.3 Å². The van der Waals surface area contributed by atoms with Crippen molar-refractivity contribution in [3.05, 3.63) is 51.8 Å². The minimum absolute atomic E-state index is 0.302. The lowest BCUT2D eigenvalue weighted by Gasteiger charge is -2.16. The van der Waals surface area contributed by atoms with Gasteiger partial charge in [-0.25, -0.2) is 0 Å². The third kappa shape index (κ3) is 3.45. The van der Waals surface area contributed by atoms with Crippen molar-refractivity contribution < 1.29 is 0 Å². The predicted molar refractivity (Wildman–Crippen MR) is 82.0 cm³/mol. The van der Waals surface area contributed by atoms with Gasteiger partial charge in [0.05, 0.1) is 11.4 Å². The van der Waals surface area contributed by atoms with Crippen LogP contribution in [0.15, 0.2) is 34.8 Å². The fourth-order valence-corrected chi connectivity index (χ4v) is 2.84. The lowest BCUT2D eigenvalue weighted by atomic mass is 10.1. The molecule has 0 saturated heterocycles. The summed E-state index contributed by atoms with van der Waals surface area (Å²) in [6, 6.07) is 10.8. The third-order valence-corrected chi connectivity index (χ3v) is 3.97. The monoisotopic (exact) mass is 321 g/mol. The first-order chi connectivity index (χ1) is 9.11. The zero-order valence-electron chi connectivity index (χ0n) is 11.7. The van der Waals surface area contributed by atoms with Crippen LogP contribution in [0.25, 0.3) is 0 Å². The summed E-state index contributed by atoms with van der Waals surface area (Å²) in [5, 5.41) is 8.02. The van der Waals surface area contributed by atoms with Gasteiger partial charge in [-0.05, 0) is 38.5 Å². The standard InChI is InChI=1S/C15H20BrN3/c1-4-19-13(9-11(2)18-19)10-17-12(3)14-7-5-6-8-15(14)16/h5-9,12,17H,4,10H2,1-3H3/t12-/m0/s1. The van der Waals surface area contributed by atoms with Crippen LogP contribution in [0, 0.1) is 6.92 Å². The van der Waals surface area contributed by atoms with Gasteiger partial charge in [-0.3, -0.25) is 4.68 Å². The molecule has 2 rings (SSSR count). The first-order valence-corrected chi connectivity index (χ1v) is 7.42. The number of nitrogens with zero attached hydrogens (tertiary/aromatic N) is 2. The minimum Gasteiger partial charge on any atom is -0.305 e. The fourth-order valence-electron chi connectivity index (χ4n) is 2.21. The Morgan fingerprint density at radius 2 is 2.11 bits per heavy atom. The molecule has 0 unspecified atom stereocenters. The molecule has 4 heteroatoms. The molecule has 1 atom stereocenters. The molecule has 0 aliphatic rings. The molecule has 1 aromatic heterocycles. The Morgan fingerprint density at radius 3 is 2.79 bits per heavy atom. The van der Waals surface area contributed by atoms with E-state index < -0.39 is 0 Å². The molecule has 1 N–H and O–H groups in total. The van der Waals surface area contributed by atoms with Crippen LogP contribution < -0.4 is 5.32 Å². The highest BCUT2D eigenvalue weighted by molar-refractivity contribution is 9.10. The molecular weight excluding hydrogens is 302 g/mol. The number of hydrogen-bond donors (Lipinski definition) is 1. The Kier molecular flexibility index (Phi) is 4.77.